The molecule has 1 rings (SSSR count). The van der Waals surface area contributed by atoms with Crippen LogP contribution in [-0.2, 0) is 12.4 Å². The van der Waals surface area contributed by atoms with E-state index in [2.05, 4.69) is 0 Å². The highest BCUT2D eigenvalue weighted by Crippen LogP contribution is 2.38. The van der Waals surface area contributed by atoms with Crippen LogP contribution in [-0.4, -0.2) is 11.1 Å². The molecule has 2 nitrogen and oxygen atoms in total. The van der Waals surface area contributed by atoms with Crippen LogP contribution in [0.15, 0.2) is 18.2 Å². The lowest BCUT2D eigenvalue weighted by molar-refractivity contribution is -0.143. The third-order valence-electron chi connectivity index (χ3n) is 3.58. The Balaban J connectivity index is 3.25. The van der Waals surface area contributed by atoms with Gasteiger partial charge in [0, 0.05) is 6.04 Å². The summed E-state index contributed by atoms with van der Waals surface area (Å²) in [5, 5.41) is 10.0. The lowest BCUT2D eigenvalue weighted by atomic mass is 9.83. The van der Waals surface area contributed by atoms with Crippen molar-refractivity contribution in [3.63, 3.8) is 0 Å². The van der Waals surface area contributed by atoms with Gasteiger partial charge in [0.05, 0.1) is 17.2 Å². The number of nitrogens with two attached hydrogens (primary N) is 1. The number of aliphatic hydroxyl groups excluding tert-OH is 1. The zero-order valence-corrected chi connectivity index (χ0v) is 12.9. The molecule has 2 atom stereocenters. The van der Waals surface area contributed by atoms with E-state index in [4.69, 9.17) is 5.73 Å². The van der Waals surface area contributed by atoms with E-state index in [-0.39, 0.29) is 12.5 Å². The number of aliphatic hydroxyl groups is 1. The van der Waals surface area contributed by atoms with E-state index in [1.165, 1.54) is 0 Å². The Morgan fingerprint density at radius 2 is 1.30 bits per heavy atom. The van der Waals surface area contributed by atoms with Crippen molar-refractivity contribution in [2.24, 2.45) is 11.1 Å². The molecule has 0 aliphatic rings. The van der Waals surface area contributed by atoms with E-state index in [9.17, 15) is 31.4 Å². The fraction of sp³-hybridized carbons (Fsp3) is 0.600. The lowest BCUT2D eigenvalue weighted by Gasteiger charge is -2.29. The molecule has 0 bridgehead atoms. The Morgan fingerprint density at radius 3 is 1.61 bits per heavy atom. The van der Waals surface area contributed by atoms with E-state index in [1.54, 1.807) is 20.8 Å². The largest absolute Gasteiger partial charge is 0.416 e. The van der Waals surface area contributed by atoms with Gasteiger partial charge in [0.25, 0.3) is 0 Å². The first kappa shape index (κ1) is 19.8. The van der Waals surface area contributed by atoms with Gasteiger partial charge in [0.15, 0.2) is 0 Å². The van der Waals surface area contributed by atoms with Crippen molar-refractivity contribution in [2.45, 2.75) is 51.7 Å². The Hall–Kier alpha value is -1.28. The van der Waals surface area contributed by atoms with Crippen molar-refractivity contribution in [2.75, 3.05) is 0 Å². The molecule has 0 radical (unpaired) electrons. The Morgan fingerprint density at radius 1 is 0.913 bits per heavy atom. The van der Waals surface area contributed by atoms with Crippen LogP contribution in [0.2, 0.25) is 0 Å². The smallest absolute Gasteiger partial charge is 0.388 e. The van der Waals surface area contributed by atoms with Crippen LogP contribution < -0.4 is 5.73 Å². The molecule has 0 aromatic heterocycles. The molecule has 23 heavy (non-hydrogen) atoms. The minimum absolute atomic E-state index is 0.0277. The van der Waals surface area contributed by atoms with Gasteiger partial charge in [-0.15, -0.1) is 0 Å². The molecule has 0 spiro atoms. The van der Waals surface area contributed by atoms with Crippen LogP contribution in [0.4, 0.5) is 26.3 Å². The van der Waals surface area contributed by atoms with Crippen molar-refractivity contribution in [1.82, 2.24) is 0 Å². The fourth-order valence-corrected chi connectivity index (χ4v) is 1.90. The number of rotatable bonds is 3. The molecule has 1 aromatic rings. The molecule has 3 N–H and O–H groups in total. The zero-order valence-electron chi connectivity index (χ0n) is 12.9. The summed E-state index contributed by atoms with van der Waals surface area (Å²) in [6.45, 7) is 5.28. The molecule has 0 heterocycles. The first-order chi connectivity index (χ1) is 10.1. The first-order valence-corrected chi connectivity index (χ1v) is 6.85. The van der Waals surface area contributed by atoms with Crippen molar-refractivity contribution < 1.29 is 31.4 Å². The Kier molecular flexibility index (Phi) is 5.43. The average molecular weight is 343 g/mol. The highest BCUT2D eigenvalue weighted by molar-refractivity contribution is 5.34. The molecule has 1 aromatic carbocycles. The lowest BCUT2D eigenvalue weighted by Crippen LogP contribution is -2.36. The predicted molar refractivity (Wildman–Crippen MR) is 73.5 cm³/mol. The summed E-state index contributed by atoms with van der Waals surface area (Å²) in [6, 6.07) is 0.478. The van der Waals surface area contributed by atoms with E-state index in [1.807, 2.05) is 0 Å². The van der Waals surface area contributed by atoms with Crippen LogP contribution in [0.1, 0.15) is 50.0 Å². The molecule has 0 saturated carbocycles. The molecule has 0 fully saturated rings. The molecule has 0 aliphatic heterocycles. The van der Waals surface area contributed by atoms with Crippen molar-refractivity contribution >= 4 is 0 Å². The second-order valence-corrected chi connectivity index (χ2v) is 6.56. The normalized spacial score (nSPS) is 16.3. The number of alkyl halides is 6. The van der Waals surface area contributed by atoms with E-state index in [0.717, 1.165) is 0 Å². The SMILES string of the molecule is CC(C)(C)[C@H](N)C[C@@H](O)c1cc(C(F)(F)F)cc(C(F)(F)F)c1. The number of hydrogen-bond donors (Lipinski definition) is 2. The summed E-state index contributed by atoms with van der Waals surface area (Å²) in [7, 11) is 0. The maximum absolute atomic E-state index is 12.8. The molecule has 8 heteroatoms. The van der Waals surface area contributed by atoms with E-state index < -0.39 is 46.6 Å². The molecule has 0 unspecified atom stereocenters. The van der Waals surface area contributed by atoms with E-state index in [0.29, 0.717) is 12.1 Å². The molecule has 0 aliphatic carbocycles. The number of benzene rings is 1. The van der Waals surface area contributed by atoms with Crippen molar-refractivity contribution in [3.05, 3.63) is 34.9 Å². The Bertz CT molecular complexity index is 512. The zero-order chi connectivity index (χ0) is 18.2. The van der Waals surface area contributed by atoms with Gasteiger partial charge >= 0.3 is 12.4 Å². The first-order valence-electron chi connectivity index (χ1n) is 6.85. The van der Waals surface area contributed by atoms with Gasteiger partial charge in [-0.2, -0.15) is 26.3 Å². The summed E-state index contributed by atoms with van der Waals surface area (Å²) in [4.78, 5) is 0. The van der Waals surface area contributed by atoms with Crippen LogP contribution in [0.25, 0.3) is 0 Å². The average Bonchev–Trinajstić information content (AvgIpc) is 2.34. The number of halogens is 6. The quantitative estimate of drug-likeness (QED) is 0.793. The molecule has 0 saturated heterocycles. The topological polar surface area (TPSA) is 46.2 Å². The number of hydrogen-bond acceptors (Lipinski definition) is 2. The molecule has 132 valence electrons. The molecule has 0 amide bonds. The third-order valence-corrected chi connectivity index (χ3v) is 3.58. The van der Waals surface area contributed by atoms with Crippen LogP contribution in [0, 0.1) is 5.41 Å². The second kappa shape index (κ2) is 6.32. The minimum atomic E-state index is -4.94. The summed E-state index contributed by atoms with van der Waals surface area (Å²) in [6.07, 6.45) is -11.6. The highest BCUT2D eigenvalue weighted by Gasteiger charge is 2.37. The van der Waals surface area contributed by atoms with Gasteiger partial charge in [0.2, 0.25) is 0 Å². The van der Waals surface area contributed by atoms with Gasteiger partial charge in [-0.25, -0.2) is 0 Å². The summed E-state index contributed by atoms with van der Waals surface area (Å²) >= 11 is 0. The van der Waals surface area contributed by atoms with Gasteiger partial charge in [0.1, 0.15) is 0 Å². The maximum Gasteiger partial charge on any atom is 0.416 e. The summed E-state index contributed by atoms with van der Waals surface area (Å²) in [5.41, 5.74) is 2.03. The Labute approximate surface area is 130 Å². The molecular weight excluding hydrogens is 324 g/mol. The summed E-state index contributed by atoms with van der Waals surface area (Å²) in [5.74, 6) is 0. The monoisotopic (exact) mass is 343 g/mol. The van der Waals surface area contributed by atoms with Crippen LogP contribution in [0.3, 0.4) is 0 Å². The molecular formula is C15H19F6NO. The van der Waals surface area contributed by atoms with Crippen LogP contribution in [0.5, 0.6) is 0 Å². The standard InChI is InChI=1S/C15H19F6NO/c1-13(2,3)12(22)7-11(23)8-4-9(14(16,17)18)6-10(5-8)15(19,20)21/h4-6,11-12,23H,7,22H2,1-3H3/t11-,12-/m1/s1. The van der Waals surface area contributed by atoms with Gasteiger partial charge in [-0.05, 0) is 35.6 Å². The predicted octanol–water partition coefficient (Wildman–Crippen LogP) is 4.52. The van der Waals surface area contributed by atoms with Crippen molar-refractivity contribution in [3.8, 4) is 0 Å². The van der Waals surface area contributed by atoms with Crippen molar-refractivity contribution in [1.29, 1.82) is 0 Å². The van der Waals surface area contributed by atoms with Gasteiger partial charge in [-0.1, -0.05) is 20.8 Å². The van der Waals surface area contributed by atoms with Gasteiger partial charge < -0.3 is 10.8 Å². The summed E-state index contributed by atoms with van der Waals surface area (Å²) < 4.78 is 76.7. The fourth-order valence-electron chi connectivity index (χ4n) is 1.90. The third kappa shape index (κ3) is 5.39. The highest BCUT2D eigenvalue weighted by atomic mass is 19.4. The minimum Gasteiger partial charge on any atom is -0.388 e. The maximum atomic E-state index is 12.8. The second-order valence-electron chi connectivity index (χ2n) is 6.56. The van der Waals surface area contributed by atoms with E-state index >= 15 is 0 Å². The van der Waals surface area contributed by atoms with Gasteiger partial charge in [-0.3, -0.25) is 0 Å². The van der Waals surface area contributed by atoms with Crippen LogP contribution >= 0.6 is 0 Å².